The summed E-state index contributed by atoms with van der Waals surface area (Å²) in [6.07, 6.45) is 3.41. The number of aryl methyl sites for hydroxylation is 1. The molecule has 1 N–H and O–H groups in total. The number of hydrogen-bond acceptors (Lipinski definition) is 6. The fraction of sp³-hybridized carbons (Fsp3) is 0.429. The SMILES string of the molecule is Cc1ccc(-c2noc(CN3CCCC(C(=O)NCc4cccc(CN5CCCC5=O)c4)C3)n2)cc1. The van der Waals surface area contributed by atoms with E-state index in [1.807, 2.05) is 54.3 Å². The molecule has 2 aromatic carbocycles. The molecule has 1 atom stereocenters. The number of amides is 2. The van der Waals surface area contributed by atoms with Gasteiger partial charge in [-0.3, -0.25) is 14.5 Å². The van der Waals surface area contributed by atoms with E-state index in [0.717, 1.165) is 49.0 Å². The van der Waals surface area contributed by atoms with E-state index < -0.39 is 0 Å². The minimum absolute atomic E-state index is 0.0661. The van der Waals surface area contributed by atoms with Crippen LogP contribution in [0, 0.1) is 12.8 Å². The fourth-order valence-corrected chi connectivity index (χ4v) is 5.01. The van der Waals surface area contributed by atoms with Gasteiger partial charge in [-0.15, -0.1) is 0 Å². The number of aromatic nitrogens is 2. The Morgan fingerprint density at radius 3 is 2.72 bits per heavy atom. The summed E-state index contributed by atoms with van der Waals surface area (Å²) in [5.41, 5.74) is 4.27. The number of nitrogens with one attached hydrogen (secondary N) is 1. The lowest BCUT2D eigenvalue weighted by Gasteiger charge is -2.30. The highest BCUT2D eigenvalue weighted by Crippen LogP contribution is 2.21. The number of carbonyl (C=O) groups is 2. The van der Waals surface area contributed by atoms with Crippen molar-refractivity contribution in [2.24, 2.45) is 5.92 Å². The van der Waals surface area contributed by atoms with E-state index in [9.17, 15) is 9.59 Å². The van der Waals surface area contributed by atoms with Crippen LogP contribution in [0.15, 0.2) is 53.1 Å². The van der Waals surface area contributed by atoms with Crippen LogP contribution in [0.1, 0.15) is 48.3 Å². The quantitative estimate of drug-likeness (QED) is 0.521. The van der Waals surface area contributed by atoms with E-state index in [1.165, 1.54) is 5.56 Å². The Bertz CT molecular complexity index is 1210. The predicted octanol–water partition coefficient (Wildman–Crippen LogP) is 3.70. The minimum Gasteiger partial charge on any atom is -0.352 e. The molecule has 5 rings (SSSR count). The van der Waals surface area contributed by atoms with E-state index in [2.05, 4.69) is 26.4 Å². The van der Waals surface area contributed by atoms with Gasteiger partial charge in [-0.25, -0.2) is 0 Å². The lowest BCUT2D eigenvalue weighted by molar-refractivity contribution is -0.128. The van der Waals surface area contributed by atoms with Crippen LogP contribution in [0.3, 0.4) is 0 Å². The molecule has 2 amide bonds. The monoisotopic (exact) mass is 487 g/mol. The Labute approximate surface area is 211 Å². The van der Waals surface area contributed by atoms with Gasteiger partial charge >= 0.3 is 0 Å². The number of likely N-dealkylation sites (tertiary alicyclic amines) is 2. The maximum Gasteiger partial charge on any atom is 0.241 e. The van der Waals surface area contributed by atoms with Gasteiger partial charge in [0.15, 0.2) is 0 Å². The molecule has 188 valence electrons. The van der Waals surface area contributed by atoms with Crippen molar-refractivity contribution in [2.45, 2.75) is 52.2 Å². The number of hydrogen-bond donors (Lipinski definition) is 1. The Morgan fingerprint density at radius 1 is 1.08 bits per heavy atom. The number of carbonyl (C=O) groups excluding carboxylic acids is 2. The second-order valence-electron chi connectivity index (χ2n) is 9.91. The van der Waals surface area contributed by atoms with Crippen LogP contribution in [-0.4, -0.2) is 51.4 Å². The summed E-state index contributed by atoms with van der Waals surface area (Å²) in [6.45, 7) is 6.12. The maximum atomic E-state index is 13.0. The fourth-order valence-electron chi connectivity index (χ4n) is 5.01. The van der Waals surface area contributed by atoms with Gasteiger partial charge in [-0.05, 0) is 43.9 Å². The summed E-state index contributed by atoms with van der Waals surface area (Å²) < 4.78 is 5.49. The van der Waals surface area contributed by atoms with E-state index in [-0.39, 0.29) is 17.7 Å². The molecule has 3 aromatic rings. The van der Waals surface area contributed by atoms with Crippen molar-refractivity contribution in [1.29, 1.82) is 0 Å². The number of rotatable bonds is 8. The topological polar surface area (TPSA) is 91.6 Å². The van der Waals surface area contributed by atoms with Gasteiger partial charge in [-0.2, -0.15) is 4.98 Å². The molecule has 2 saturated heterocycles. The van der Waals surface area contributed by atoms with Crippen molar-refractivity contribution < 1.29 is 14.1 Å². The molecule has 2 aliphatic heterocycles. The normalized spacial score (nSPS) is 18.5. The van der Waals surface area contributed by atoms with E-state index >= 15 is 0 Å². The first kappa shape index (κ1) is 24.2. The van der Waals surface area contributed by atoms with Crippen molar-refractivity contribution in [3.8, 4) is 11.4 Å². The molecule has 0 spiro atoms. The highest BCUT2D eigenvalue weighted by molar-refractivity contribution is 5.79. The molecular formula is C28H33N5O3. The Kier molecular flexibility index (Phi) is 7.41. The molecule has 0 radical (unpaired) electrons. The lowest BCUT2D eigenvalue weighted by Crippen LogP contribution is -2.42. The Hall–Kier alpha value is -3.52. The van der Waals surface area contributed by atoms with Crippen LogP contribution in [0.4, 0.5) is 0 Å². The molecule has 3 heterocycles. The highest BCUT2D eigenvalue weighted by atomic mass is 16.5. The van der Waals surface area contributed by atoms with Crippen molar-refractivity contribution in [3.63, 3.8) is 0 Å². The molecule has 8 nitrogen and oxygen atoms in total. The van der Waals surface area contributed by atoms with Crippen LogP contribution in [0.25, 0.3) is 11.4 Å². The van der Waals surface area contributed by atoms with Gasteiger partial charge < -0.3 is 14.7 Å². The van der Waals surface area contributed by atoms with Crippen molar-refractivity contribution >= 4 is 11.8 Å². The van der Waals surface area contributed by atoms with E-state index in [1.54, 1.807) is 0 Å². The average molecular weight is 488 g/mol. The van der Waals surface area contributed by atoms with Crippen LogP contribution in [0.5, 0.6) is 0 Å². The maximum absolute atomic E-state index is 13.0. The van der Waals surface area contributed by atoms with Gasteiger partial charge in [0, 0.05) is 38.2 Å². The molecule has 0 bridgehead atoms. The largest absolute Gasteiger partial charge is 0.352 e. The summed E-state index contributed by atoms with van der Waals surface area (Å²) in [4.78, 5) is 33.6. The molecule has 1 unspecified atom stereocenters. The van der Waals surface area contributed by atoms with Gasteiger partial charge in [0.05, 0.1) is 12.5 Å². The van der Waals surface area contributed by atoms with E-state index in [4.69, 9.17) is 4.52 Å². The summed E-state index contributed by atoms with van der Waals surface area (Å²) in [7, 11) is 0. The molecular weight excluding hydrogens is 454 g/mol. The van der Waals surface area contributed by atoms with Crippen LogP contribution < -0.4 is 5.32 Å². The molecule has 0 saturated carbocycles. The number of piperidine rings is 1. The molecule has 36 heavy (non-hydrogen) atoms. The van der Waals surface area contributed by atoms with Gasteiger partial charge in [0.1, 0.15) is 0 Å². The Morgan fingerprint density at radius 2 is 1.92 bits per heavy atom. The number of benzene rings is 2. The second-order valence-corrected chi connectivity index (χ2v) is 9.91. The second kappa shape index (κ2) is 11.0. The lowest BCUT2D eigenvalue weighted by atomic mass is 9.97. The zero-order chi connectivity index (χ0) is 24.9. The van der Waals surface area contributed by atoms with Gasteiger partial charge in [0.25, 0.3) is 0 Å². The predicted molar refractivity (Wildman–Crippen MR) is 135 cm³/mol. The van der Waals surface area contributed by atoms with Crippen molar-refractivity contribution in [3.05, 3.63) is 71.1 Å². The summed E-state index contributed by atoms with van der Waals surface area (Å²) in [5.74, 6) is 1.39. The number of nitrogens with zero attached hydrogens (tertiary/aromatic N) is 4. The minimum atomic E-state index is -0.0661. The first-order valence-electron chi connectivity index (χ1n) is 12.8. The molecule has 1 aromatic heterocycles. The summed E-state index contributed by atoms with van der Waals surface area (Å²) >= 11 is 0. The van der Waals surface area contributed by atoms with Gasteiger partial charge in [0.2, 0.25) is 23.5 Å². The van der Waals surface area contributed by atoms with E-state index in [0.29, 0.717) is 44.3 Å². The molecule has 8 heteroatoms. The van der Waals surface area contributed by atoms with Crippen LogP contribution in [0.2, 0.25) is 0 Å². The highest BCUT2D eigenvalue weighted by Gasteiger charge is 2.27. The standard InChI is InChI=1S/C28H33N5O3/c1-20-9-11-23(12-10-20)27-30-25(36-31-27)19-32-13-3-7-24(18-32)28(35)29-16-21-5-2-6-22(15-21)17-33-14-4-8-26(33)34/h2,5-6,9-12,15,24H,3-4,7-8,13-14,16-19H2,1H3,(H,29,35). The van der Waals surface area contributed by atoms with Crippen LogP contribution >= 0.6 is 0 Å². The summed E-state index contributed by atoms with van der Waals surface area (Å²) in [6, 6.07) is 16.2. The average Bonchev–Trinajstić information content (AvgIpc) is 3.52. The molecule has 2 fully saturated rings. The summed E-state index contributed by atoms with van der Waals surface area (Å²) in [5, 5.41) is 7.24. The van der Waals surface area contributed by atoms with Gasteiger partial charge in [-0.1, -0.05) is 59.3 Å². The Balaban J connectivity index is 1.12. The third kappa shape index (κ3) is 5.99. The zero-order valence-electron chi connectivity index (χ0n) is 20.8. The molecule has 0 aliphatic carbocycles. The third-order valence-electron chi connectivity index (χ3n) is 7.02. The van der Waals surface area contributed by atoms with Crippen LogP contribution in [-0.2, 0) is 29.2 Å². The van der Waals surface area contributed by atoms with Crippen molar-refractivity contribution in [1.82, 2.24) is 25.3 Å². The first-order chi connectivity index (χ1) is 17.5. The zero-order valence-corrected chi connectivity index (χ0v) is 20.8. The molecule has 2 aliphatic rings. The third-order valence-corrected chi connectivity index (χ3v) is 7.02. The first-order valence-corrected chi connectivity index (χ1v) is 12.8. The smallest absolute Gasteiger partial charge is 0.241 e. The van der Waals surface area contributed by atoms with Crippen molar-refractivity contribution in [2.75, 3.05) is 19.6 Å².